The summed E-state index contributed by atoms with van der Waals surface area (Å²) >= 11 is 19.2. The highest BCUT2D eigenvalue weighted by Crippen LogP contribution is 2.32. The molecule has 2 atom stereocenters. The van der Waals surface area contributed by atoms with Gasteiger partial charge in [0, 0.05) is 28.2 Å². The Morgan fingerprint density at radius 3 is 1.31 bits per heavy atom. The van der Waals surface area contributed by atoms with Crippen LogP contribution in [0.15, 0.2) is 105 Å². The molecule has 0 saturated heterocycles. The fourth-order valence-corrected chi connectivity index (χ4v) is 6.34. The van der Waals surface area contributed by atoms with Crippen molar-refractivity contribution in [3.05, 3.63) is 139 Å². The monoisotopic (exact) mass is 894 g/mol. The van der Waals surface area contributed by atoms with Crippen molar-refractivity contribution in [1.29, 1.82) is 0 Å². The summed E-state index contributed by atoms with van der Waals surface area (Å²) in [5, 5.41) is 27.1. The van der Waals surface area contributed by atoms with Gasteiger partial charge in [0.1, 0.15) is 11.4 Å². The van der Waals surface area contributed by atoms with Gasteiger partial charge in [-0.25, -0.2) is 0 Å². The van der Waals surface area contributed by atoms with E-state index in [1.807, 2.05) is 52.0 Å². The summed E-state index contributed by atoms with van der Waals surface area (Å²) in [5.74, 6) is -3.87. The molecule has 62 heavy (non-hydrogen) atoms. The third-order valence-electron chi connectivity index (χ3n) is 9.78. The summed E-state index contributed by atoms with van der Waals surface area (Å²) in [5.41, 5.74) is 6.28. The Balaban J connectivity index is 1.27. The number of nitrogens with one attached hydrogen (secondary N) is 4. The van der Waals surface area contributed by atoms with Crippen molar-refractivity contribution in [2.45, 2.75) is 60.5 Å². The zero-order valence-electron chi connectivity index (χ0n) is 34.6. The minimum absolute atomic E-state index is 0.0344. The highest BCUT2D eigenvalue weighted by Gasteiger charge is 2.27. The van der Waals surface area contributed by atoms with E-state index in [-0.39, 0.29) is 48.9 Å². The lowest BCUT2D eigenvalue weighted by molar-refractivity contribution is -0.127. The van der Waals surface area contributed by atoms with Crippen molar-refractivity contribution in [1.82, 2.24) is 0 Å². The molecule has 17 heteroatoms. The second kappa shape index (κ2) is 20.3. The molecule has 0 heterocycles. The van der Waals surface area contributed by atoms with Gasteiger partial charge in [0.2, 0.25) is 12.1 Å². The quantitative estimate of drug-likeness (QED) is 0.0631. The summed E-state index contributed by atoms with van der Waals surface area (Å²) < 4.78 is 0. The molecule has 0 aliphatic rings. The minimum atomic E-state index is -1.63. The van der Waals surface area contributed by atoms with Gasteiger partial charge >= 0.3 is 0 Å². The summed E-state index contributed by atoms with van der Waals surface area (Å²) in [4.78, 5) is 78.1. The predicted molar refractivity (Wildman–Crippen MR) is 242 cm³/mol. The van der Waals surface area contributed by atoms with Gasteiger partial charge in [0.25, 0.3) is 23.6 Å². The van der Waals surface area contributed by atoms with Crippen LogP contribution in [0.25, 0.3) is 0 Å². The summed E-state index contributed by atoms with van der Waals surface area (Å²) in [7, 11) is 0. The van der Waals surface area contributed by atoms with E-state index in [0.29, 0.717) is 16.9 Å². The van der Waals surface area contributed by atoms with Crippen molar-refractivity contribution in [3.8, 4) is 0 Å². The number of azo groups is 2. The number of amides is 4. The molecule has 5 aromatic carbocycles. The largest absolute Gasteiger partial charge is 0.323 e. The summed E-state index contributed by atoms with van der Waals surface area (Å²) in [6, 6.07) is 19.3. The van der Waals surface area contributed by atoms with Gasteiger partial charge in [-0.2, -0.15) is 20.5 Å². The van der Waals surface area contributed by atoms with Gasteiger partial charge in [-0.15, -0.1) is 0 Å². The highest BCUT2D eigenvalue weighted by molar-refractivity contribution is 6.35. The maximum atomic E-state index is 13.4. The molecule has 0 aliphatic heterocycles. The number of nitrogens with zero attached hydrogens (tertiary/aromatic N) is 4. The van der Waals surface area contributed by atoms with Crippen LogP contribution in [0.2, 0.25) is 15.1 Å². The average molecular weight is 896 g/mol. The van der Waals surface area contributed by atoms with Crippen LogP contribution in [0.5, 0.6) is 0 Å². The first-order valence-electron chi connectivity index (χ1n) is 18.9. The predicted octanol–water partition coefficient (Wildman–Crippen LogP) is 11.1. The maximum Gasteiger partial charge on any atom is 0.258 e. The van der Waals surface area contributed by atoms with Crippen molar-refractivity contribution < 1.29 is 28.8 Å². The molecule has 0 radical (unpaired) electrons. The van der Waals surface area contributed by atoms with Crippen LogP contribution >= 0.6 is 34.8 Å². The van der Waals surface area contributed by atoms with E-state index in [2.05, 4.69) is 41.7 Å². The molecule has 4 N–H and O–H groups in total. The zero-order valence-corrected chi connectivity index (χ0v) is 36.9. The van der Waals surface area contributed by atoms with Crippen LogP contribution in [0.3, 0.4) is 0 Å². The van der Waals surface area contributed by atoms with Crippen LogP contribution in [0.1, 0.15) is 62.4 Å². The Kier molecular flexibility index (Phi) is 15.2. The van der Waals surface area contributed by atoms with Crippen LogP contribution < -0.4 is 21.3 Å². The van der Waals surface area contributed by atoms with Gasteiger partial charge in [0.05, 0.1) is 20.8 Å². The summed E-state index contributed by atoms with van der Waals surface area (Å²) in [6.07, 6.45) is 0. The van der Waals surface area contributed by atoms with Crippen LogP contribution in [-0.4, -0.2) is 47.3 Å². The van der Waals surface area contributed by atoms with Crippen LogP contribution in [0, 0.1) is 34.6 Å². The molecule has 0 aromatic heterocycles. The molecule has 2 unspecified atom stereocenters. The SMILES string of the molecule is CC(=O)C(N=Nc1cc(C(=O)Nc2cccc(C)c2C)ccc1Cl)C(=O)Nc1cc(Cl)c(NC(=O)C(N=Nc2cc(C(=O)Nc3cccc(C)c3C)ccc2Cl)C(C)=O)cc1C. The van der Waals surface area contributed by atoms with Crippen molar-refractivity contribution >= 4 is 104 Å². The summed E-state index contributed by atoms with van der Waals surface area (Å²) in [6.45, 7) is 11.6. The fraction of sp³-hybridized carbons (Fsp3) is 0.200. The second-order valence-electron chi connectivity index (χ2n) is 14.3. The number of carbonyl (C=O) groups excluding carboxylic acids is 6. The number of aryl methyl sites for hydroxylation is 3. The first-order valence-corrected chi connectivity index (χ1v) is 20.1. The third-order valence-corrected chi connectivity index (χ3v) is 10.7. The van der Waals surface area contributed by atoms with E-state index >= 15 is 0 Å². The lowest BCUT2D eigenvalue weighted by Gasteiger charge is -2.16. The van der Waals surface area contributed by atoms with E-state index in [0.717, 1.165) is 36.1 Å². The first-order chi connectivity index (χ1) is 29.3. The Hall–Kier alpha value is -6.61. The zero-order chi connectivity index (χ0) is 45.4. The fourth-order valence-electron chi connectivity index (χ4n) is 5.81. The molecule has 5 rings (SSSR count). The molecule has 0 fully saturated rings. The molecular weight excluding hydrogens is 855 g/mol. The smallest absolute Gasteiger partial charge is 0.258 e. The van der Waals surface area contributed by atoms with E-state index in [1.165, 1.54) is 48.5 Å². The number of carbonyl (C=O) groups is 6. The molecular formula is C45H41Cl3N8O6. The number of benzene rings is 5. The molecule has 318 valence electrons. The number of anilines is 4. The average Bonchev–Trinajstić information content (AvgIpc) is 3.21. The van der Waals surface area contributed by atoms with Gasteiger partial charge in [-0.1, -0.05) is 59.1 Å². The van der Waals surface area contributed by atoms with E-state index < -0.39 is 47.3 Å². The maximum absolute atomic E-state index is 13.4. The number of ketones is 2. The third kappa shape index (κ3) is 11.4. The Labute approximate surface area is 372 Å². The number of Topliss-reactive ketones (excluding diaryl/α,β-unsaturated/α-hetero) is 2. The number of hydrogen-bond acceptors (Lipinski definition) is 10. The van der Waals surface area contributed by atoms with E-state index in [9.17, 15) is 28.8 Å². The lowest BCUT2D eigenvalue weighted by atomic mass is 10.1. The highest BCUT2D eigenvalue weighted by atomic mass is 35.5. The van der Waals surface area contributed by atoms with Gasteiger partial charge in [-0.05, 0) is 137 Å². The van der Waals surface area contributed by atoms with Gasteiger partial charge < -0.3 is 21.3 Å². The second-order valence-corrected chi connectivity index (χ2v) is 15.5. The standard InChI is InChI=1S/C45H41Cl3N8O6/c1-22-10-8-12-34(25(22)4)49-42(59)29-14-16-31(46)38(19-29)53-55-40(27(6)57)44(61)51-36-21-33(48)37(18-24(36)3)52-45(62)41(28(7)58)56-54-39-20-30(15-17-32(39)47)43(60)50-35-13-9-11-23(2)26(35)5/h8-21,40-41H,1-7H3,(H,49,59)(H,50,60)(H,51,61)(H,52,62). The molecule has 0 saturated carbocycles. The molecule has 0 bridgehead atoms. The number of halogens is 3. The van der Waals surface area contributed by atoms with Crippen molar-refractivity contribution in [2.24, 2.45) is 20.5 Å². The van der Waals surface area contributed by atoms with Gasteiger partial charge in [-0.3, -0.25) is 28.8 Å². The van der Waals surface area contributed by atoms with E-state index in [1.54, 1.807) is 19.1 Å². The topological polar surface area (TPSA) is 200 Å². The Bertz CT molecular complexity index is 2520. The first kappa shape index (κ1) is 46.5. The van der Waals surface area contributed by atoms with Crippen LogP contribution in [0.4, 0.5) is 34.1 Å². The number of rotatable bonds is 14. The lowest BCUT2D eigenvalue weighted by Crippen LogP contribution is -2.32. The molecule has 4 amide bonds. The minimum Gasteiger partial charge on any atom is -0.323 e. The molecule has 5 aromatic rings. The molecule has 0 aliphatic carbocycles. The van der Waals surface area contributed by atoms with Crippen LogP contribution in [-0.2, 0) is 19.2 Å². The number of hydrogen-bond donors (Lipinski definition) is 4. The van der Waals surface area contributed by atoms with E-state index in [4.69, 9.17) is 34.8 Å². The molecule has 14 nitrogen and oxygen atoms in total. The van der Waals surface area contributed by atoms with Crippen molar-refractivity contribution in [3.63, 3.8) is 0 Å². The van der Waals surface area contributed by atoms with Crippen molar-refractivity contribution in [2.75, 3.05) is 21.3 Å². The Morgan fingerprint density at radius 1 is 0.468 bits per heavy atom. The normalized spacial score (nSPS) is 12.2. The van der Waals surface area contributed by atoms with Gasteiger partial charge in [0.15, 0.2) is 11.6 Å². The Morgan fingerprint density at radius 2 is 0.887 bits per heavy atom. The molecule has 0 spiro atoms.